The van der Waals surface area contributed by atoms with Crippen LogP contribution in [0.3, 0.4) is 0 Å². The minimum absolute atomic E-state index is 0.376. The maximum atomic E-state index is 6.00. The van der Waals surface area contributed by atoms with Gasteiger partial charge in [0.1, 0.15) is 0 Å². The van der Waals surface area contributed by atoms with Gasteiger partial charge in [-0.15, -0.1) is 11.3 Å². The van der Waals surface area contributed by atoms with E-state index >= 15 is 0 Å². The van der Waals surface area contributed by atoms with Crippen molar-refractivity contribution < 1.29 is 0 Å². The summed E-state index contributed by atoms with van der Waals surface area (Å²) in [5, 5.41) is 3.64. The van der Waals surface area contributed by atoms with Gasteiger partial charge in [0.05, 0.1) is 0 Å². The first-order chi connectivity index (χ1) is 9.78. The summed E-state index contributed by atoms with van der Waals surface area (Å²) < 4.78 is 2.46. The first-order valence-corrected chi connectivity index (χ1v) is 8.36. The van der Waals surface area contributed by atoms with Crippen molar-refractivity contribution in [3.8, 4) is 0 Å². The number of hydrogen-bond donors (Lipinski definition) is 1. The molecule has 102 valence electrons. The largest absolute Gasteiger partial charge is 0.330 e. The van der Waals surface area contributed by atoms with Gasteiger partial charge in [0, 0.05) is 15.1 Å². The van der Waals surface area contributed by atoms with Crippen LogP contribution in [0.4, 0.5) is 0 Å². The van der Waals surface area contributed by atoms with Gasteiger partial charge in [0.2, 0.25) is 0 Å². The first-order valence-electron chi connectivity index (χ1n) is 6.68. The van der Waals surface area contributed by atoms with E-state index in [9.17, 15) is 0 Å². The van der Waals surface area contributed by atoms with E-state index in [4.69, 9.17) is 5.73 Å². The highest BCUT2D eigenvalue weighted by Gasteiger charge is 2.13. The van der Waals surface area contributed by atoms with Crippen LogP contribution in [0.5, 0.6) is 0 Å². The van der Waals surface area contributed by atoms with Crippen LogP contribution in [-0.2, 0) is 6.42 Å². The summed E-state index contributed by atoms with van der Waals surface area (Å²) in [6.45, 7) is 0.672. The Labute approximate surface area is 131 Å². The van der Waals surface area contributed by atoms with Crippen molar-refractivity contribution in [3.63, 3.8) is 0 Å². The second kappa shape index (κ2) is 6.08. The van der Waals surface area contributed by atoms with Crippen molar-refractivity contribution >= 4 is 37.4 Å². The maximum Gasteiger partial charge on any atom is 0.0345 e. The lowest BCUT2D eigenvalue weighted by Crippen LogP contribution is -2.14. The van der Waals surface area contributed by atoms with Gasteiger partial charge in [-0.05, 0) is 53.1 Å². The summed E-state index contributed by atoms with van der Waals surface area (Å²) in [5.74, 6) is 0.376. The second-order valence-corrected chi connectivity index (χ2v) is 6.77. The van der Waals surface area contributed by atoms with Crippen LogP contribution in [-0.4, -0.2) is 6.54 Å². The molecule has 1 nitrogen and oxygen atoms in total. The van der Waals surface area contributed by atoms with Gasteiger partial charge in [0.25, 0.3) is 0 Å². The molecule has 1 aromatic heterocycles. The molecule has 3 rings (SSSR count). The molecule has 3 aromatic rings. The standard InChI is InChI=1S/C17H16BrNS/c18-15-7-5-12(6-8-15)13(10-19)9-14-11-20-17-4-2-1-3-16(14)17/h1-8,11,13H,9-10,19H2. The van der Waals surface area contributed by atoms with Crippen molar-refractivity contribution in [1.82, 2.24) is 0 Å². The molecule has 0 aliphatic rings. The van der Waals surface area contributed by atoms with Crippen molar-refractivity contribution in [2.24, 2.45) is 5.73 Å². The summed E-state index contributed by atoms with van der Waals surface area (Å²) in [6.07, 6.45) is 1.00. The van der Waals surface area contributed by atoms with Gasteiger partial charge < -0.3 is 5.73 Å². The molecule has 3 heteroatoms. The third kappa shape index (κ3) is 2.80. The van der Waals surface area contributed by atoms with E-state index in [0.717, 1.165) is 10.9 Å². The molecule has 0 spiro atoms. The Morgan fingerprint density at radius 3 is 2.55 bits per heavy atom. The van der Waals surface area contributed by atoms with E-state index in [1.54, 1.807) is 0 Å². The minimum Gasteiger partial charge on any atom is -0.330 e. The number of hydrogen-bond acceptors (Lipinski definition) is 2. The van der Waals surface area contributed by atoms with Gasteiger partial charge in [-0.1, -0.05) is 46.3 Å². The van der Waals surface area contributed by atoms with Crippen molar-refractivity contribution in [1.29, 1.82) is 0 Å². The average molecular weight is 346 g/mol. The summed E-state index contributed by atoms with van der Waals surface area (Å²) >= 11 is 5.30. The molecule has 0 aliphatic carbocycles. The third-order valence-electron chi connectivity index (χ3n) is 3.65. The van der Waals surface area contributed by atoms with Crippen LogP contribution >= 0.6 is 27.3 Å². The predicted octanol–water partition coefficient (Wildman–Crippen LogP) is 4.95. The zero-order chi connectivity index (χ0) is 13.9. The summed E-state index contributed by atoms with van der Waals surface area (Å²) in [5.41, 5.74) is 8.71. The summed E-state index contributed by atoms with van der Waals surface area (Å²) in [4.78, 5) is 0. The predicted molar refractivity (Wildman–Crippen MR) is 91.5 cm³/mol. The van der Waals surface area contributed by atoms with E-state index in [1.807, 2.05) is 11.3 Å². The van der Waals surface area contributed by atoms with Crippen molar-refractivity contribution in [2.75, 3.05) is 6.54 Å². The van der Waals surface area contributed by atoms with E-state index in [0.29, 0.717) is 12.5 Å². The van der Waals surface area contributed by atoms with Crippen LogP contribution in [0, 0.1) is 0 Å². The Morgan fingerprint density at radius 2 is 1.80 bits per heavy atom. The van der Waals surface area contributed by atoms with Crippen molar-refractivity contribution in [3.05, 3.63) is 69.5 Å². The minimum atomic E-state index is 0.376. The molecular weight excluding hydrogens is 330 g/mol. The van der Waals surface area contributed by atoms with Crippen molar-refractivity contribution in [2.45, 2.75) is 12.3 Å². The molecule has 2 N–H and O–H groups in total. The molecule has 0 fully saturated rings. The maximum absolute atomic E-state index is 6.00. The second-order valence-electron chi connectivity index (χ2n) is 4.95. The molecule has 1 atom stereocenters. The molecule has 1 unspecified atom stereocenters. The molecule has 20 heavy (non-hydrogen) atoms. The van der Waals surface area contributed by atoms with Crippen LogP contribution in [0.15, 0.2) is 58.4 Å². The number of halogens is 1. The molecule has 0 saturated carbocycles. The lowest BCUT2D eigenvalue weighted by Gasteiger charge is -2.15. The smallest absolute Gasteiger partial charge is 0.0345 e. The quantitative estimate of drug-likeness (QED) is 0.711. The third-order valence-corrected chi connectivity index (χ3v) is 5.19. The number of rotatable bonds is 4. The Kier molecular flexibility index (Phi) is 4.20. The number of thiophene rings is 1. The fourth-order valence-electron chi connectivity index (χ4n) is 2.53. The fraction of sp³-hybridized carbons (Fsp3) is 0.176. The first kappa shape index (κ1) is 13.8. The topological polar surface area (TPSA) is 26.0 Å². The summed E-state index contributed by atoms with van der Waals surface area (Å²) in [7, 11) is 0. The molecule has 0 radical (unpaired) electrons. The highest BCUT2D eigenvalue weighted by molar-refractivity contribution is 9.10. The SMILES string of the molecule is NCC(Cc1csc2ccccc12)c1ccc(Br)cc1. The van der Waals surface area contributed by atoms with E-state index in [-0.39, 0.29) is 0 Å². The lowest BCUT2D eigenvalue weighted by molar-refractivity contribution is 0.698. The van der Waals surface area contributed by atoms with Crippen LogP contribution in [0.2, 0.25) is 0 Å². The Balaban J connectivity index is 1.89. The molecule has 0 amide bonds. The molecule has 0 bridgehead atoms. The van der Waals surface area contributed by atoms with Gasteiger partial charge in [-0.3, -0.25) is 0 Å². The fourth-order valence-corrected chi connectivity index (χ4v) is 3.77. The zero-order valence-electron chi connectivity index (χ0n) is 11.1. The molecule has 0 saturated heterocycles. The Morgan fingerprint density at radius 1 is 1.05 bits per heavy atom. The monoisotopic (exact) mass is 345 g/mol. The molecule has 1 heterocycles. The van der Waals surface area contributed by atoms with E-state index in [1.165, 1.54) is 21.2 Å². The highest BCUT2D eigenvalue weighted by Crippen LogP contribution is 2.30. The van der Waals surface area contributed by atoms with Gasteiger partial charge in [-0.2, -0.15) is 0 Å². The Hall–Kier alpha value is -1.16. The molecular formula is C17H16BrNS. The van der Waals surface area contributed by atoms with Gasteiger partial charge in [0.15, 0.2) is 0 Å². The average Bonchev–Trinajstić information content (AvgIpc) is 2.89. The zero-order valence-corrected chi connectivity index (χ0v) is 13.5. The van der Waals surface area contributed by atoms with Crippen LogP contribution in [0.25, 0.3) is 10.1 Å². The lowest BCUT2D eigenvalue weighted by atomic mass is 9.92. The molecule has 0 aliphatic heterocycles. The Bertz CT molecular complexity index is 702. The number of nitrogens with two attached hydrogens (primary N) is 1. The molecule has 2 aromatic carbocycles. The number of benzene rings is 2. The van der Waals surface area contributed by atoms with E-state index in [2.05, 4.69) is 69.8 Å². The van der Waals surface area contributed by atoms with Gasteiger partial charge >= 0.3 is 0 Å². The number of fused-ring (bicyclic) bond motifs is 1. The summed E-state index contributed by atoms with van der Waals surface area (Å²) in [6, 6.07) is 17.1. The van der Waals surface area contributed by atoms with Crippen LogP contribution < -0.4 is 5.73 Å². The van der Waals surface area contributed by atoms with Gasteiger partial charge in [-0.25, -0.2) is 0 Å². The van der Waals surface area contributed by atoms with Crippen LogP contribution in [0.1, 0.15) is 17.0 Å². The normalized spacial score (nSPS) is 12.7. The highest BCUT2D eigenvalue weighted by atomic mass is 79.9. The van der Waals surface area contributed by atoms with E-state index < -0.39 is 0 Å².